The monoisotopic (exact) mass is 583 g/mol. The van der Waals surface area contributed by atoms with Crippen LogP contribution in [0.15, 0.2) is 40.0 Å². The van der Waals surface area contributed by atoms with Gasteiger partial charge in [0.15, 0.2) is 11.1 Å². The average Bonchev–Trinajstić information content (AvgIpc) is 3.57. The third-order valence-corrected chi connectivity index (χ3v) is 10.6. The summed E-state index contributed by atoms with van der Waals surface area (Å²) in [5, 5.41) is 12.0. The summed E-state index contributed by atoms with van der Waals surface area (Å²) in [5.41, 5.74) is 13.5. The molecule has 1 aliphatic heterocycles. The molecule has 0 spiro atoms. The second-order valence-corrected chi connectivity index (χ2v) is 12.8. The Hall–Kier alpha value is -3.03. The van der Waals surface area contributed by atoms with E-state index in [2.05, 4.69) is 26.3 Å². The van der Waals surface area contributed by atoms with Crippen LogP contribution in [0.5, 0.6) is 0 Å². The van der Waals surface area contributed by atoms with Gasteiger partial charge in [0.05, 0.1) is 61.8 Å². The van der Waals surface area contributed by atoms with Crippen LogP contribution >= 0.6 is 34.0 Å². The minimum Gasteiger partial charge on any atom is -0.378 e. The van der Waals surface area contributed by atoms with E-state index in [-0.39, 0.29) is 17.2 Å². The Morgan fingerprint density at radius 2 is 1.95 bits per heavy atom. The first-order valence-electron chi connectivity index (χ1n) is 13.1. The number of fused-ring (bicyclic) bond motifs is 1. The molecule has 1 saturated carbocycles. The molecular formula is C27H31N6O3S3+. The van der Waals surface area contributed by atoms with E-state index in [1.807, 2.05) is 22.9 Å². The Bertz CT molecular complexity index is 1560. The molecule has 4 aromatic heterocycles. The molecule has 2 aliphatic rings. The van der Waals surface area contributed by atoms with Gasteiger partial charge in [-0.25, -0.2) is 4.98 Å². The molecule has 7 N–H and O–H groups in total. The Labute approximate surface area is 237 Å². The van der Waals surface area contributed by atoms with Gasteiger partial charge in [-0.05, 0) is 30.4 Å². The van der Waals surface area contributed by atoms with Crippen LogP contribution in [0.2, 0.25) is 0 Å². The van der Waals surface area contributed by atoms with E-state index < -0.39 is 5.91 Å². The van der Waals surface area contributed by atoms with E-state index in [1.54, 1.807) is 34.9 Å². The third-order valence-electron chi connectivity index (χ3n) is 7.31. The quantitative estimate of drug-likeness (QED) is 0.257. The van der Waals surface area contributed by atoms with Gasteiger partial charge in [-0.1, -0.05) is 6.42 Å². The number of anilines is 4. The Morgan fingerprint density at radius 3 is 2.74 bits per heavy atom. The number of hydrogen-bond acceptors (Lipinski definition) is 10. The molecule has 1 amide bonds. The van der Waals surface area contributed by atoms with E-state index in [0.29, 0.717) is 24.9 Å². The van der Waals surface area contributed by atoms with Crippen LogP contribution in [0.3, 0.4) is 0 Å². The van der Waals surface area contributed by atoms with E-state index >= 15 is 0 Å². The molecule has 0 bridgehead atoms. The van der Waals surface area contributed by atoms with E-state index in [0.717, 1.165) is 62.1 Å². The van der Waals surface area contributed by atoms with Crippen molar-refractivity contribution in [3.8, 4) is 10.4 Å². The summed E-state index contributed by atoms with van der Waals surface area (Å²) in [4.78, 5) is 32.9. The number of carbonyl (C=O) groups excluding carboxylic acids is 1. The maximum atomic E-state index is 13.0. The van der Waals surface area contributed by atoms with Crippen molar-refractivity contribution in [2.24, 2.45) is 5.73 Å². The van der Waals surface area contributed by atoms with Crippen LogP contribution in [-0.2, 0) is 4.74 Å². The number of pyridine rings is 1. The van der Waals surface area contributed by atoms with Gasteiger partial charge in [0.2, 0.25) is 0 Å². The number of ether oxygens (including phenoxy) is 1. The second-order valence-electron chi connectivity index (χ2n) is 9.92. The molecule has 5 heterocycles. The van der Waals surface area contributed by atoms with Crippen LogP contribution in [0.1, 0.15) is 36.2 Å². The van der Waals surface area contributed by atoms with Crippen molar-refractivity contribution in [3.05, 3.63) is 51.1 Å². The number of morpholine rings is 1. The number of hydrogen-bond donors (Lipinski definition) is 4. The van der Waals surface area contributed by atoms with Crippen molar-refractivity contribution < 1.29 is 15.3 Å². The number of primary amides is 1. The lowest BCUT2D eigenvalue weighted by Gasteiger charge is -2.28. The first-order valence-corrected chi connectivity index (χ1v) is 15.7. The van der Waals surface area contributed by atoms with Crippen molar-refractivity contribution >= 4 is 71.4 Å². The lowest BCUT2D eigenvalue weighted by molar-refractivity contribution is -0.427. The van der Waals surface area contributed by atoms with Gasteiger partial charge < -0.3 is 31.7 Å². The van der Waals surface area contributed by atoms with E-state index in [9.17, 15) is 9.59 Å². The summed E-state index contributed by atoms with van der Waals surface area (Å²) in [6, 6.07) is 6.23. The number of nitrogens with two attached hydrogens (primary N) is 1. The Morgan fingerprint density at radius 1 is 1.13 bits per heavy atom. The summed E-state index contributed by atoms with van der Waals surface area (Å²) in [5.74, 6) is -0.595. The number of quaternary nitrogens is 1. The maximum Gasteiger partial charge on any atom is 0.269 e. The SMILES string of the molecule is NC(=O)c1ncc(N[C@H]2CCCC[C@H]2[NH3+])cc1Nc1ccsc1-c1csc2c(=O)cc(N3CCOCC3)sc12. The molecule has 6 rings (SSSR count). The van der Waals surface area contributed by atoms with Crippen molar-refractivity contribution in [2.45, 2.75) is 37.8 Å². The van der Waals surface area contributed by atoms with Crippen molar-refractivity contribution in [1.82, 2.24) is 4.98 Å². The van der Waals surface area contributed by atoms with Crippen LogP contribution in [0.4, 0.5) is 22.1 Å². The Kier molecular flexibility index (Phi) is 7.54. The van der Waals surface area contributed by atoms with Gasteiger partial charge in [-0.3, -0.25) is 9.59 Å². The van der Waals surface area contributed by atoms with Gasteiger partial charge in [0.1, 0.15) is 6.04 Å². The predicted molar refractivity (Wildman–Crippen MR) is 161 cm³/mol. The number of carbonyl (C=O) groups is 1. The molecular weight excluding hydrogens is 553 g/mol. The molecule has 0 aromatic carbocycles. The summed E-state index contributed by atoms with van der Waals surface area (Å²) in [6.45, 7) is 2.87. The lowest BCUT2D eigenvalue weighted by atomic mass is 9.91. The number of nitrogens with one attached hydrogen (secondary N) is 2. The molecule has 9 nitrogen and oxygen atoms in total. The van der Waals surface area contributed by atoms with Crippen molar-refractivity contribution in [1.29, 1.82) is 0 Å². The lowest BCUT2D eigenvalue weighted by Crippen LogP contribution is -2.68. The van der Waals surface area contributed by atoms with Crippen molar-refractivity contribution in [3.63, 3.8) is 0 Å². The first-order chi connectivity index (χ1) is 19.0. The molecule has 39 heavy (non-hydrogen) atoms. The fourth-order valence-electron chi connectivity index (χ4n) is 5.23. The van der Waals surface area contributed by atoms with Crippen molar-refractivity contribution in [2.75, 3.05) is 41.8 Å². The molecule has 2 atom stereocenters. The fourth-order valence-corrected chi connectivity index (χ4v) is 8.61. The normalized spacial score (nSPS) is 19.8. The number of nitrogens with zero attached hydrogens (tertiary/aromatic N) is 2. The highest BCUT2D eigenvalue weighted by atomic mass is 32.1. The number of thiophene rings is 2. The molecule has 0 radical (unpaired) electrons. The van der Waals surface area contributed by atoms with Gasteiger partial charge >= 0.3 is 0 Å². The highest BCUT2D eigenvalue weighted by molar-refractivity contribution is 7.29. The Balaban J connectivity index is 1.34. The van der Waals surface area contributed by atoms with Gasteiger partial charge in [-0.2, -0.15) is 0 Å². The molecule has 1 saturated heterocycles. The molecule has 1 aliphatic carbocycles. The predicted octanol–water partition coefficient (Wildman–Crippen LogP) is 4.09. The largest absolute Gasteiger partial charge is 0.378 e. The standard InChI is InChI=1S/C27H30N6O3S3/c28-17-3-1-2-4-18(17)31-15-11-20(23(27(29)35)30-13-15)32-19-5-10-37-24(19)16-14-38-26-21(34)12-22(39-25(16)26)33-6-8-36-9-7-33/h5,10-14,17-18,31-32H,1-4,6-9,28H2,(H2,29,35)/p+1/t17-,18+/m1/s1. The van der Waals surface area contributed by atoms with Gasteiger partial charge in [0, 0.05) is 36.5 Å². The summed E-state index contributed by atoms with van der Waals surface area (Å²) in [7, 11) is 0. The van der Waals surface area contributed by atoms with E-state index in [4.69, 9.17) is 10.5 Å². The number of amides is 1. The highest BCUT2D eigenvalue weighted by Crippen LogP contribution is 2.44. The van der Waals surface area contributed by atoms with Crippen LogP contribution < -0.4 is 32.4 Å². The maximum absolute atomic E-state index is 13.0. The zero-order valence-corrected chi connectivity index (χ0v) is 23.9. The average molecular weight is 584 g/mol. The first kappa shape index (κ1) is 26.2. The van der Waals surface area contributed by atoms with Crippen LogP contribution in [0.25, 0.3) is 19.8 Å². The molecule has 0 unspecified atom stereocenters. The third kappa shape index (κ3) is 5.39. The fraction of sp³-hybridized carbons (Fsp3) is 0.370. The second kappa shape index (κ2) is 11.2. The van der Waals surface area contributed by atoms with E-state index in [1.165, 1.54) is 24.2 Å². The number of rotatable bonds is 7. The summed E-state index contributed by atoms with van der Waals surface area (Å²) < 4.78 is 7.23. The number of aromatic nitrogens is 1. The molecule has 4 aromatic rings. The molecule has 2 fully saturated rings. The van der Waals surface area contributed by atoms with Gasteiger partial charge in [0.25, 0.3) is 5.91 Å². The summed E-state index contributed by atoms with van der Waals surface area (Å²) >= 11 is 4.70. The molecule has 12 heteroatoms. The topological polar surface area (TPSA) is 137 Å². The molecule has 204 valence electrons. The minimum atomic E-state index is -0.595. The van der Waals surface area contributed by atoms with Crippen LogP contribution in [-0.4, -0.2) is 49.3 Å². The van der Waals surface area contributed by atoms with Crippen LogP contribution in [0, 0.1) is 0 Å². The zero-order valence-electron chi connectivity index (χ0n) is 21.4. The highest BCUT2D eigenvalue weighted by Gasteiger charge is 2.25. The minimum absolute atomic E-state index is 0.0398. The van der Waals surface area contributed by atoms with Gasteiger partial charge in [-0.15, -0.1) is 34.0 Å². The smallest absolute Gasteiger partial charge is 0.269 e. The zero-order chi connectivity index (χ0) is 26.9. The summed E-state index contributed by atoms with van der Waals surface area (Å²) in [6.07, 6.45) is 6.20.